The third-order valence-corrected chi connectivity index (χ3v) is 3.31. The molecule has 2 aromatic carbocycles. The Morgan fingerprint density at radius 1 is 1.30 bits per heavy atom. The van der Waals surface area contributed by atoms with Crippen molar-refractivity contribution in [3.8, 4) is 5.75 Å². The lowest BCUT2D eigenvalue weighted by molar-refractivity contribution is 0.102. The molecule has 0 aliphatic carbocycles. The van der Waals surface area contributed by atoms with Crippen molar-refractivity contribution < 1.29 is 13.9 Å². The van der Waals surface area contributed by atoms with Crippen LogP contribution in [0.1, 0.15) is 10.4 Å². The maximum Gasteiger partial charge on any atom is 0.258 e. The van der Waals surface area contributed by atoms with Crippen LogP contribution < -0.4 is 10.1 Å². The zero-order valence-corrected chi connectivity index (χ0v) is 12.8. The first-order chi connectivity index (χ1) is 9.51. The maximum absolute atomic E-state index is 13.6. The molecular formula is C14H10BrClFNO2. The largest absolute Gasteiger partial charge is 0.495 e. The highest BCUT2D eigenvalue weighted by atomic mass is 79.9. The molecule has 0 aliphatic rings. The Hall–Kier alpha value is -1.59. The first-order valence-electron chi connectivity index (χ1n) is 5.61. The van der Waals surface area contributed by atoms with E-state index in [0.29, 0.717) is 20.9 Å². The third-order valence-electron chi connectivity index (χ3n) is 2.58. The molecule has 1 amide bonds. The molecule has 0 atom stereocenters. The number of rotatable bonds is 3. The maximum atomic E-state index is 13.6. The van der Waals surface area contributed by atoms with Crippen LogP contribution in [0.25, 0.3) is 0 Å². The van der Waals surface area contributed by atoms with E-state index in [1.807, 2.05) is 0 Å². The molecule has 0 saturated heterocycles. The standard InChI is InChI=1S/C14H10BrClFNO2/c1-20-13-5-3-9(16)7-12(13)18-14(19)10-6-8(15)2-4-11(10)17/h2-7H,1H3,(H,18,19). The number of nitrogens with one attached hydrogen (secondary N) is 1. The first kappa shape index (κ1) is 14.8. The molecule has 0 aliphatic heterocycles. The minimum Gasteiger partial charge on any atom is -0.495 e. The number of benzene rings is 2. The van der Waals surface area contributed by atoms with Crippen LogP contribution >= 0.6 is 27.5 Å². The minimum absolute atomic E-state index is 0.0681. The van der Waals surface area contributed by atoms with E-state index in [9.17, 15) is 9.18 Å². The van der Waals surface area contributed by atoms with Crippen molar-refractivity contribution in [3.63, 3.8) is 0 Å². The van der Waals surface area contributed by atoms with Gasteiger partial charge in [0.15, 0.2) is 0 Å². The number of carbonyl (C=O) groups is 1. The molecular weight excluding hydrogens is 349 g/mol. The van der Waals surface area contributed by atoms with E-state index >= 15 is 0 Å². The lowest BCUT2D eigenvalue weighted by atomic mass is 10.2. The van der Waals surface area contributed by atoms with Crippen LogP contribution in [0.2, 0.25) is 5.02 Å². The Bertz CT molecular complexity index is 664. The monoisotopic (exact) mass is 357 g/mol. The van der Waals surface area contributed by atoms with E-state index in [1.165, 1.54) is 31.4 Å². The van der Waals surface area contributed by atoms with Gasteiger partial charge in [0, 0.05) is 9.50 Å². The SMILES string of the molecule is COc1ccc(Cl)cc1NC(=O)c1cc(Br)ccc1F. The zero-order valence-electron chi connectivity index (χ0n) is 10.4. The molecule has 0 aromatic heterocycles. The fourth-order valence-corrected chi connectivity index (χ4v) is 2.17. The normalized spacial score (nSPS) is 10.2. The predicted molar refractivity (Wildman–Crippen MR) is 80.1 cm³/mol. The average Bonchev–Trinajstić information content (AvgIpc) is 2.41. The summed E-state index contributed by atoms with van der Waals surface area (Å²) in [5, 5.41) is 3.02. The molecule has 0 unspecified atom stereocenters. The zero-order chi connectivity index (χ0) is 14.7. The predicted octanol–water partition coefficient (Wildman–Crippen LogP) is 4.50. The highest BCUT2D eigenvalue weighted by Gasteiger charge is 2.14. The van der Waals surface area contributed by atoms with E-state index in [4.69, 9.17) is 16.3 Å². The van der Waals surface area contributed by atoms with Gasteiger partial charge in [-0.05, 0) is 36.4 Å². The van der Waals surface area contributed by atoms with Gasteiger partial charge in [-0.2, -0.15) is 0 Å². The van der Waals surface area contributed by atoms with Crippen molar-refractivity contribution in [1.29, 1.82) is 0 Å². The van der Waals surface area contributed by atoms with Crippen LogP contribution in [0.3, 0.4) is 0 Å². The van der Waals surface area contributed by atoms with E-state index in [2.05, 4.69) is 21.2 Å². The molecule has 2 rings (SSSR count). The lowest BCUT2D eigenvalue weighted by Crippen LogP contribution is -2.14. The summed E-state index contributed by atoms with van der Waals surface area (Å²) < 4.78 is 19.4. The van der Waals surface area contributed by atoms with Crippen LogP contribution in [0.15, 0.2) is 40.9 Å². The molecule has 0 spiro atoms. The molecule has 104 valence electrons. The van der Waals surface area contributed by atoms with Crippen LogP contribution in [0, 0.1) is 5.82 Å². The van der Waals surface area contributed by atoms with Crippen LogP contribution in [0.5, 0.6) is 5.75 Å². The molecule has 0 radical (unpaired) electrons. The van der Waals surface area contributed by atoms with E-state index < -0.39 is 11.7 Å². The minimum atomic E-state index is -0.605. The summed E-state index contributed by atoms with van der Waals surface area (Å²) in [4.78, 5) is 12.1. The summed E-state index contributed by atoms with van der Waals surface area (Å²) in [6.45, 7) is 0. The number of halogens is 3. The Balaban J connectivity index is 2.32. The van der Waals surface area contributed by atoms with Gasteiger partial charge in [0.05, 0.1) is 18.4 Å². The van der Waals surface area contributed by atoms with Gasteiger partial charge in [0.2, 0.25) is 0 Å². The fraction of sp³-hybridized carbons (Fsp3) is 0.0714. The van der Waals surface area contributed by atoms with E-state index in [1.54, 1.807) is 12.1 Å². The van der Waals surface area contributed by atoms with Crippen molar-refractivity contribution >= 4 is 39.1 Å². The smallest absolute Gasteiger partial charge is 0.258 e. The molecule has 0 heterocycles. The van der Waals surface area contributed by atoms with Gasteiger partial charge < -0.3 is 10.1 Å². The highest BCUT2D eigenvalue weighted by molar-refractivity contribution is 9.10. The average molecular weight is 359 g/mol. The second kappa shape index (κ2) is 6.24. The molecule has 0 saturated carbocycles. The van der Waals surface area contributed by atoms with Crippen molar-refractivity contribution in [2.45, 2.75) is 0 Å². The summed E-state index contributed by atoms with van der Waals surface area (Å²) in [5.74, 6) is -0.741. The van der Waals surface area contributed by atoms with Crippen molar-refractivity contribution in [2.24, 2.45) is 0 Å². The molecule has 1 N–H and O–H groups in total. The topological polar surface area (TPSA) is 38.3 Å². The lowest BCUT2D eigenvalue weighted by Gasteiger charge is -2.11. The summed E-state index contributed by atoms with van der Waals surface area (Å²) in [7, 11) is 1.47. The van der Waals surface area contributed by atoms with Crippen molar-refractivity contribution in [1.82, 2.24) is 0 Å². The molecule has 2 aromatic rings. The second-order valence-corrected chi connectivity index (χ2v) is 5.28. The number of hydrogen-bond donors (Lipinski definition) is 1. The van der Waals surface area contributed by atoms with Gasteiger partial charge in [0.1, 0.15) is 11.6 Å². The Kier molecular flexibility index (Phi) is 4.62. The van der Waals surface area contributed by atoms with E-state index in [0.717, 1.165) is 0 Å². The summed E-state index contributed by atoms with van der Waals surface area (Å²) in [6.07, 6.45) is 0. The number of hydrogen-bond acceptors (Lipinski definition) is 2. The molecule has 3 nitrogen and oxygen atoms in total. The van der Waals surface area contributed by atoms with Gasteiger partial charge in [0.25, 0.3) is 5.91 Å². The quantitative estimate of drug-likeness (QED) is 0.877. The molecule has 0 fully saturated rings. The molecule has 20 heavy (non-hydrogen) atoms. The Labute approximate surface area is 128 Å². The Morgan fingerprint density at radius 2 is 2.05 bits per heavy atom. The van der Waals surface area contributed by atoms with Crippen LogP contribution in [0.4, 0.5) is 10.1 Å². The van der Waals surface area contributed by atoms with Gasteiger partial charge in [-0.3, -0.25) is 4.79 Å². The Morgan fingerprint density at radius 3 is 2.75 bits per heavy atom. The van der Waals surface area contributed by atoms with Gasteiger partial charge in [-0.1, -0.05) is 27.5 Å². The fourth-order valence-electron chi connectivity index (χ4n) is 1.64. The van der Waals surface area contributed by atoms with Gasteiger partial charge in [-0.25, -0.2) is 4.39 Å². The van der Waals surface area contributed by atoms with Crippen molar-refractivity contribution in [2.75, 3.05) is 12.4 Å². The summed E-state index contributed by atoms with van der Waals surface area (Å²) in [5.41, 5.74) is 0.311. The highest BCUT2D eigenvalue weighted by Crippen LogP contribution is 2.28. The van der Waals surface area contributed by atoms with E-state index in [-0.39, 0.29) is 5.56 Å². The second-order valence-electron chi connectivity index (χ2n) is 3.92. The number of ether oxygens (including phenoxy) is 1. The summed E-state index contributed by atoms with van der Waals surface area (Å²) >= 11 is 9.07. The first-order valence-corrected chi connectivity index (χ1v) is 6.78. The molecule has 6 heteroatoms. The van der Waals surface area contributed by atoms with Gasteiger partial charge in [-0.15, -0.1) is 0 Å². The number of methoxy groups -OCH3 is 1. The van der Waals surface area contributed by atoms with Gasteiger partial charge >= 0.3 is 0 Å². The number of amides is 1. The number of anilines is 1. The van der Waals surface area contributed by atoms with Crippen molar-refractivity contribution in [3.05, 3.63) is 57.3 Å². The number of carbonyl (C=O) groups excluding carboxylic acids is 1. The third kappa shape index (κ3) is 3.29. The summed E-state index contributed by atoms with van der Waals surface area (Å²) in [6, 6.07) is 8.93. The van der Waals surface area contributed by atoms with Crippen LogP contribution in [-0.2, 0) is 0 Å². The molecule has 0 bridgehead atoms. The van der Waals surface area contributed by atoms with Crippen LogP contribution in [-0.4, -0.2) is 13.0 Å².